The fourth-order valence-corrected chi connectivity index (χ4v) is 1.83. The predicted octanol–water partition coefficient (Wildman–Crippen LogP) is 2.21. The van der Waals surface area contributed by atoms with Gasteiger partial charge in [-0.2, -0.15) is 13.2 Å². The van der Waals surface area contributed by atoms with Crippen molar-refractivity contribution in [1.82, 2.24) is 9.55 Å². The van der Waals surface area contributed by atoms with Crippen LogP contribution in [-0.2, 0) is 11.3 Å². The van der Waals surface area contributed by atoms with Gasteiger partial charge in [0.05, 0.1) is 24.8 Å². The molecule has 2 N–H and O–H groups in total. The van der Waals surface area contributed by atoms with Crippen molar-refractivity contribution in [3.8, 4) is 5.75 Å². The van der Waals surface area contributed by atoms with Crippen LogP contribution in [0.1, 0.15) is 0 Å². The topological polar surface area (TPSA) is 62.3 Å². The Balaban J connectivity index is 2.10. The molecular formula is C12H14F3N3O2. The number of nitrogens with zero attached hydrogens (tertiary/aromatic N) is 2. The summed E-state index contributed by atoms with van der Waals surface area (Å²) in [6, 6.07) is 5.19. The zero-order chi connectivity index (χ0) is 14.8. The molecule has 0 aliphatic heterocycles. The summed E-state index contributed by atoms with van der Waals surface area (Å²) in [7, 11) is 1.53. The molecule has 110 valence electrons. The number of methoxy groups -OCH3 is 1. The van der Waals surface area contributed by atoms with Crippen LogP contribution in [-0.4, -0.2) is 36.1 Å². The molecule has 20 heavy (non-hydrogen) atoms. The summed E-state index contributed by atoms with van der Waals surface area (Å²) in [4.78, 5) is 4.12. The molecule has 8 heteroatoms. The largest absolute Gasteiger partial charge is 0.497 e. The summed E-state index contributed by atoms with van der Waals surface area (Å²) in [5.74, 6) is 0.846. The van der Waals surface area contributed by atoms with E-state index in [1.54, 1.807) is 22.8 Å². The van der Waals surface area contributed by atoms with Gasteiger partial charge in [-0.25, -0.2) is 4.98 Å². The molecule has 0 radical (unpaired) electrons. The maximum Gasteiger partial charge on any atom is 0.411 e. The number of anilines is 1. The van der Waals surface area contributed by atoms with Gasteiger partial charge < -0.3 is 19.8 Å². The van der Waals surface area contributed by atoms with E-state index in [9.17, 15) is 13.2 Å². The number of benzene rings is 1. The van der Waals surface area contributed by atoms with Gasteiger partial charge in [0.25, 0.3) is 0 Å². The van der Waals surface area contributed by atoms with E-state index in [1.807, 2.05) is 0 Å². The summed E-state index contributed by atoms with van der Waals surface area (Å²) >= 11 is 0. The zero-order valence-corrected chi connectivity index (χ0v) is 10.8. The van der Waals surface area contributed by atoms with Crippen molar-refractivity contribution in [3.05, 3.63) is 18.2 Å². The molecule has 0 saturated carbocycles. The van der Waals surface area contributed by atoms with Crippen LogP contribution in [0.4, 0.5) is 19.1 Å². The molecule has 0 saturated heterocycles. The highest BCUT2D eigenvalue weighted by molar-refractivity contribution is 5.79. The van der Waals surface area contributed by atoms with Gasteiger partial charge in [-0.3, -0.25) is 0 Å². The smallest absolute Gasteiger partial charge is 0.411 e. The maximum atomic E-state index is 12.0. The minimum Gasteiger partial charge on any atom is -0.497 e. The molecule has 0 amide bonds. The summed E-state index contributed by atoms with van der Waals surface area (Å²) in [6.45, 7) is -1.19. The van der Waals surface area contributed by atoms with Crippen LogP contribution in [0, 0.1) is 0 Å². The predicted molar refractivity (Wildman–Crippen MR) is 67.6 cm³/mol. The SMILES string of the molecule is COc1ccc2nc(N)n(CCOCC(F)(F)F)c2c1. The molecule has 0 atom stereocenters. The van der Waals surface area contributed by atoms with Gasteiger partial charge in [-0.1, -0.05) is 0 Å². The number of nitrogens with two attached hydrogens (primary N) is 1. The second-order valence-electron chi connectivity index (χ2n) is 4.14. The van der Waals surface area contributed by atoms with Gasteiger partial charge in [-0.05, 0) is 12.1 Å². The standard InChI is InChI=1S/C12H14F3N3O2/c1-19-8-2-3-9-10(6-8)18(11(16)17-9)4-5-20-7-12(13,14)15/h2-3,6H,4-5,7H2,1H3,(H2,16,17). The first-order valence-corrected chi connectivity index (χ1v) is 5.85. The van der Waals surface area contributed by atoms with Crippen molar-refractivity contribution in [3.63, 3.8) is 0 Å². The molecule has 1 aromatic heterocycles. The number of nitrogen functional groups attached to an aromatic ring is 1. The lowest BCUT2D eigenvalue weighted by atomic mass is 10.3. The number of fused-ring (bicyclic) bond motifs is 1. The average Bonchev–Trinajstić information content (AvgIpc) is 2.68. The Morgan fingerprint density at radius 1 is 1.35 bits per heavy atom. The van der Waals surface area contributed by atoms with E-state index >= 15 is 0 Å². The third kappa shape index (κ3) is 3.32. The number of imidazole rings is 1. The van der Waals surface area contributed by atoms with E-state index in [1.165, 1.54) is 7.11 Å². The highest BCUT2D eigenvalue weighted by Crippen LogP contribution is 2.23. The fraction of sp³-hybridized carbons (Fsp3) is 0.417. The Labute approximate surface area is 113 Å². The van der Waals surface area contributed by atoms with Gasteiger partial charge in [0.1, 0.15) is 12.4 Å². The van der Waals surface area contributed by atoms with E-state index in [-0.39, 0.29) is 19.1 Å². The lowest BCUT2D eigenvalue weighted by Gasteiger charge is -2.09. The van der Waals surface area contributed by atoms with Gasteiger partial charge in [0, 0.05) is 12.6 Å². The Hall–Kier alpha value is -1.96. The lowest BCUT2D eigenvalue weighted by Crippen LogP contribution is -2.19. The molecule has 1 heterocycles. The van der Waals surface area contributed by atoms with Crippen LogP contribution >= 0.6 is 0 Å². The van der Waals surface area contributed by atoms with Crippen molar-refractivity contribution < 1.29 is 22.6 Å². The van der Waals surface area contributed by atoms with E-state index in [2.05, 4.69) is 9.72 Å². The summed E-state index contributed by atoms with van der Waals surface area (Å²) in [5.41, 5.74) is 7.09. The van der Waals surface area contributed by atoms with Gasteiger partial charge in [-0.15, -0.1) is 0 Å². The molecule has 1 aromatic carbocycles. The van der Waals surface area contributed by atoms with E-state index in [0.717, 1.165) is 0 Å². The molecule has 5 nitrogen and oxygen atoms in total. The van der Waals surface area contributed by atoms with Gasteiger partial charge >= 0.3 is 6.18 Å². The van der Waals surface area contributed by atoms with E-state index in [4.69, 9.17) is 10.5 Å². The Bertz CT molecular complexity index is 595. The van der Waals surface area contributed by atoms with Crippen molar-refractivity contribution in [2.75, 3.05) is 26.1 Å². The number of rotatable bonds is 5. The Morgan fingerprint density at radius 2 is 2.10 bits per heavy atom. The molecule has 0 aliphatic rings. The summed E-state index contributed by atoms with van der Waals surface area (Å²) < 4.78 is 47.2. The van der Waals surface area contributed by atoms with Crippen LogP contribution < -0.4 is 10.5 Å². The first-order chi connectivity index (χ1) is 9.40. The third-order valence-electron chi connectivity index (χ3n) is 2.71. The number of hydrogen-bond donors (Lipinski definition) is 1. The van der Waals surface area contributed by atoms with Crippen LogP contribution in [0.25, 0.3) is 11.0 Å². The second-order valence-corrected chi connectivity index (χ2v) is 4.14. The fourth-order valence-electron chi connectivity index (χ4n) is 1.83. The van der Waals surface area contributed by atoms with Crippen LogP contribution in [0.3, 0.4) is 0 Å². The number of alkyl halides is 3. The van der Waals surface area contributed by atoms with Crippen molar-refractivity contribution in [2.24, 2.45) is 0 Å². The lowest BCUT2D eigenvalue weighted by molar-refractivity contribution is -0.174. The van der Waals surface area contributed by atoms with Crippen molar-refractivity contribution in [2.45, 2.75) is 12.7 Å². The van der Waals surface area contributed by atoms with Crippen molar-refractivity contribution >= 4 is 17.0 Å². The molecule has 2 aromatic rings. The van der Waals surface area contributed by atoms with Gasteiger partial charge in [0.2, 0.25) is 5.95 Å². The first-order valence-electron chi connectivity index (χ1n) is 5.85. The molecule has 2 rings (SSSR count). The average molecular weight is 289 g/mol. The third-order valence-corrected chi connectivity index (χ3v) is 2.71. The maximum absolute atomic E-state index is 12.0. The van der Waals surface area contributed by atoms with E-state index in [0.29, 0.717) is 16.8 Å². The quantitative estimate of drug-likeness (QED) is 0.857. The minimum absolute atomic E-state index is 0.105. The number of hydrogen-bond acceptors (Lipinski definition) is 4. The minimum atomic E-state index is -4.33. The van der Waals surface area contributed by atoms with Crippen LogP contribution in [0.2, 0.25) is 0 Å². The number of halogens is 3. The van der Waals surface area contributed by atoms with Crippen molar-refractivity contribution in [1.29, 1.82) is 0 Å². The molecule has 0 unspecified atom stereocenters. The zero-order valence-electron chi connectivity index (χ0n) is 10.8. The monoisotopic (exact) mass is 289 g/mol. The Morgan fingerprint density at radius 3 is 2.75 bits per heavy atom. The van der Waals surface area contributed by atoms with Crippen LogP contribution in [0.15, 0.2) is 18.2 Å². The summed E-state index contributed by atoms with van der Waals surface area (Å²) in [5, 5.41) is 0. The Kier molecular flexibility index (Phi) is 4.03. The molecule has 0 aliphatic carbocycles. The highest BCUT2D eigenvalue weighted by Gasteiger charge is 2.27. The summed E-state index contributed by atoms with van der Waals surface area (Å²) in [6.07, 6.45) is -4.33. The normalized spacial score (nSPS) is 12.0. The molecular weight excluding hydrogens is 275 g/mol. The number of aromatic nitrogens is 2. The van der Waals surface area contributed by atoms with Crippen LogP contribution in [0.5, 0.6) is 5.75 Å². The van der Waals surface area contributed by atoms with Gasteiger partial charge in [0.15, 0.2) is 0 Å². The highest BCUT2D eigenvalue weighted by atomic mass is 19.4. The molecule has 0 spiro atoms. The molecule has 0 fully saturated rings. The first kappa shape index (κ1) is 14.4. The van der Waals surface area contributed by atoms with E-state index < -0.39 is 12.8 Å². The second kappa shape index (κ2) is 5.58. The molecule has 0 bridgehead atoms. The number of ether oxygens (including phenoxy) is 2.